The molecule has 1 aliphatic heterocycles. The number of nitrogens with zero attached hydrogens (tertiary/aromatic N) is 4. The fourth-order valence-electron chi connectivity index (χ4n) is 3.16. The molecule has 0 bridgehead atoms. The summed E-state index contributed by atoms with van der Waals surface area (Å²) in [5.41, 5.74) is -0.491. The predicted molar refractivity (Wildman–Crippen MR) is 117 cm³/mol. The van der Waals surface area contributed by atoms with Crippen molar-refractivity contribution < 1.29 is 14.6 Å². The molecule has 1 amide bonds. The number of hydrogen-bond acceptors (Lipinski definition) is 8. The molecule has 9 heteroatoms. The van der Waals surface area contributed by atoms with E-state index in [0.29, 0.717) is 45.1 Å². The predicted octanol–water partition coefficient (Wildman–Crippen LogP) is 3.11. The van der Waals surface area contributed by atoms with E-state index in [1.807, 2.05) is 20.8 Å². The second kappa shape index (κ2) is 9.13. The summed E-state index contributed by atoms with van der Waals surface area (Å²) in [6.07, 6.45) is 1.34. The number of amides is 1. The van der Waals surface area contributed by atoms with Crippen molar-refractivity contribution in [2.24, 2.45) is 0 Å². The number of thiophene rings is 1. The number of anilines is 2. The molecule has 0 aromatic carbocycles. The van der Waals surface area contributed by atoms with Gasteiger partial charge in [0.25, 0.3) is 0 Å². The highest BCUT2D eigenvalue weighted by Crippen LogP contribution is 2.33. The molecule has 0 atom stereocenters. The monoisotopic (exact) mass is 421 g/mol. The molecule has 2 N–H and O–H groups in total. The van der Waals surface area contributed by atoms with Crippen LogP contribution in [0.25, 0.3) is 10.2 Å². The molecular weight excluding hydrogens is 390 g/mol. The lowest BCUT2D eigenvalue weighted by atomic mass is 10.2. The number of hydrogen-bond donors (Lipinski definition) is 2. The van der Waals surface area contributed by atoms with Crippen LogP contribution in [0, 0.1) is 0 Å². The van der Waals surface area contributed by atoms with Gasteiger partial charge in [0.2, 0.25) is 5.95 Å². The van der Waals surface area contributed by atoms with Crippen LogP contribution in [0.2, 0.25) is 0 Å². The summed E-state index contributed by atoms with van der Waals surface area (Å²) >= 11 is 1.69. The Morgan fingerprint density at radius 2 is 2.00 bits per heavy atom. The van der Waals surface area contributed by atoms with E-state index >= 15 is 0 Å². The quantitative estimate of drug-likeness (QED) is 0.693. The van der Waals surface area contributed by atoms with E-state index in [1.54, 1.807) is 16.2 Å². The summed E-state index contributed by atoms with van der Waals surface area (Å²) in [4.78, 5) is 28.0. The van der Waals surface area contributed by atoms with Crippen molar-refractivity contribution in [2.45, 2.75) is 46.1 Å². The molecule has 0 radical (unpaired) electrons. The van der Waals surface area contributed by atoms with E-state index in [0.717, 1.165) is 22.5 Å². The lowest BCUT2D eigenvalue weighted by molar-refractivity contribution is 0.0240. The van der Waals surface area contributed by atoms with Crippen molar-refractivity contribution in [3.63, 3.8) is 0 Å². The van der Waals surface area contributed by atoms with Gasteiger partial charge in [-0.15, -0.1) is 11.3 Å². The van der Waals surface area contributed by atoms with Gasteiger partial charge in [-0.25, -0.2) is 9.78 Å². The fraction of sp³-hybridized carbons (Fsp3) is 0.650. The van der Waals surface area contributed by atoms with Gasteiger partial charge in [-0.3, -0.25) is 0 Å². The Morgan fingerprint density at radius 3 is 2.62 bits per heavy atom. The highest BCUT2D eigenvalue weighted by molar-refractivity contribution is 7.18. The lowest BCUT2D eigenvalue weighted by Crippen LogP contribution is -2.50. The molecule has 3 heterocycles. The maximum absolute atomic E-state index is 12.3. The van der Waals surface area contributed by atoms with Crippen LogP contribution >= 0.6 is 11.3 Å². The van der Waals surface area contributed by atoms with Crippen molar-refractivity contribution in [3.8, 4) is 0 Å². The summed E-state index contributed by atoms with van der Waals surface area (Å²) in [5, 5.41) is 13.3. The van der Waals surface area contributed by atoms with Crippen LogP contribution < -0.4 is 10.2 Å². The highest BCUT2D eigenvalue weighted by Gasteiger charge is 2.27. The third-order valence-electron chi connectivity index (χ3n) is 4.62. The van der Waals surface area contributed by atoms with Crippen LogP contribution in [0.4, 0.5) is 16.6 Å². The number of fused-ring (bicyclic) bond motifs is 1. The average Bonchev–Trinajstić information content (AvgIpc) is 3.09. The zero-order valence-electron chi connectivity index (χ0n) is 17.7. The number of aryl methyl sites for hydroxylation is 1. The minimum Gasteiger partial charge on any atom is -0.444 e. The molecular formula is C20H31N5O3S. The molecule has 0 saturated carbocycles. The maximum Gasteiger partial charge on any atom is 0.410 e. The Kier molecular flexibility index (Phi) is 6.79. The minimum atomic E-state index is -0.491. The molecule has 29 heavy (non-hydrogen) atoms. The van der Waals surface area contributed by atoms with Crippen molar-refractivity contribution in [1.82, 2.24) is 14.9 Å². The van der Waals surface area contributed by atoms with Crippen LogP contribution in [0.3, 0.4) is 0 Å². The number of aliphatic hydroxyl groups is 1. The SMILES string of the molecule is CCc1cc2c(N3CCN(C(=O)OC(C)(C)C)CC3)nc(NCCCO)nc2s1. The molecule has 2 aromatic heterocycles. The lowest BCUT2D eigenvalue weighted by Gasteiger charge is -2.36. The zero-order chi connectivity index (χ0) is 21.0. The standard InChI is InChI=1S/C20H31N5O3S/c1-5-14-13-15-16(22-18(21-7-6-12-26)23-17(15)29-14)24-8-10-25(11-9-24)19(27)28-20(2,3)4/h13,26H,5-12H2,1-4H3,(H,21,22,23). The number of carbonyl (C=O) groups is 1. The van der Waals surface area contributed by atoms with Gasteiger partial charge in [-0.2, -0.15) is 4.98 Å². The Labute approximate surface area is 175 Å². The second-order valence-corrected chi connectivity index (χ2v) is 9.23. The van der Waals surface area contributed by atoms with E-state index in [1.165, 1.54) is 4.88 Å². The molecule has 0 aliphatic carbocycles. The first kappa shape index (κ1) is 21.6. The van der Waals surface area contributed by atoms with Crippen LogP contribution in [0.5, 0.6) is 0 Å². The Bertz CT molecular complexity index is 840. The van der Waals surface area contributed by atoms with Crippen LogP contribution in [0.15, 0.2) is 6.07 Å². The summed E-state index contributed by atoms with van der Waals surface area (Å²) in [7, 11) is 0. The fourth-order valence-corrected chi connectivity index (χ4v) is 4.12. The van der Waals surface area contributed by atoms with Gasteiger partial charge in [0.05, 0.1) is 5.39 Å². The summed E-state index contributed by atoms with van der Waals surface area (Å²) in [5.74, 6) is 1.49. The number of aromatic nitrogens is 2. The molecule has 0 spiro atoms. The smallest absolute Gasteiger partial charge is 0.410 e. The first-order valence-corrected chi connectivity index (χ1v) is 11.0. The third kappa shape index (κ3) is 5.48. The molecule has 1 fully saturated rings. The summed E-state index contributed by atoms with van der Waals surface area (Å²) in [6.45, 7) is 11.1. The molecule has 2 aromatic rings. The number of aliphatic hydroxyl groups excluding tert-OH is 1. The normalized spacial score (nSPS) is 15.1. The molecule has 160 valence electrons. The Hall–Kier alpha value is -2.13. The van der Waals surface area contributed by atoms with Gasteiger partial charge >= 0.3 is 6.09 Å². The largest absolute Gasteiger partial charge is 0.444 e. The molecule has 8 nitrogen and oxygen atoms in total. The number of nitrogens with one attached hydrogen (secondary N) is 1. The molecule has 3 rings (SSSR count). The highest BCUT2D eigenvalue weighted by atomic mass is 32.1. The number of carbonyl (C=O) groups excluding carboxylic acids is 1. The topological polar surface area (TPSA) is 90.8 Å². The van der Waals surface area contributed by atoms with Crippen LogP contribution in [-0.4, -0.2) is 71.0 Å². The van der Waals surface area contributed by atoms with E-state index < -0.39 is 5.60 Å². The first-order chi connectivity index (χ1) is 13.8. The van der Waals surface area contributed by atoms with Crippen LogP contribution in [0.1, 0.15) is 39.0 Å². The van der Waals surface area contributed by atoms with Gasteiger partial charge in [0, 0.05) is 44.2 Å². The summed E-state index contributed by atoms with van der Waals surface area (Å²) in [6, 6.07) is 2.17. The van der Waals surface area contributed by atoms with E-state index in [2.05, 4.69) is 28.2 Å². The maximum atomic E-state index is 12.3. The third-order valence-corrected chi connectivity index (χ3v) is 5.79. The number of piperazine rings is 1. The molecule has 1 aliphatic rings. The zero-order valence-corrected chi connectivity index (χ0v) is 18.5. The van der Waals surface area contributed by atoms with Crippen molar-refractivity contribution >= 4 is 39.4 Å². The summed E-state index contributed by atoms with van der Waals surface area (Å²) < 4.78 is 5.49. The van der Waals surface area contributed by atoms with Gasteiger partial charge in [0.1, 0.15) is 16.2 Å². The van der Waals surface area contributed by atoms with Gasteiger partial charge in [0.15, 0.2) is 0 Å². The van der Waals surface area contributed by atoms with E-state index in [4.69, 9.17) is 14.8 Å². The van der Waals surface area contributed by atoms with Crippen LogP contribution in [-0.2, 0) is 11.2 Å². The van der Waals surface area contributed by atoms with Gasteiger partial charge in [-0.05, 0) is 39.7 Å². The van der Waals surface area contributed by atoms with Crippen molar-refractivity contribution in [1.29, 1.82) is 0 Å². The Balaban J connectivity index is 1.78. The first-order valence-electron chi connectivity index (χ1n) is 10.2. The van der Waals surface area contributed by atoms with Gasteiger partial charge < -0.3 is 25.0 Å². The molecule has 1 saturated heterocycles. The second-order valence-electron chi connectivity index (χ2n) is 8.11. The minimum absolute atomic E-state index is 0.133. The Morgan fingerprint density at radius 1 is 1.28 bits per heavy atom. The van der Waals surface area contributed by atoms with E-state index in [-0.39, 0.29) is 12.7 Å². The van der Waals surface area contributed by atoms with Crippen molar-refractivity contribution in [2.75, 3.05) is 49.5 Å². The van der Waals surface area contributed by atoms with E-state index in [9.17, 15) is 4.79 Å². The van der Waals surface area contributed by atoms with Gasteiger partial charge in [-0.1, -0.05) is 6.92 Å². The van der Waals surface area contributed by atoms with Crippen molar-refractivity contribution in [3.05, 3.63) is 10.9 Å². The number of ether oxygens (including phenoxy) is 1. The number of rotatable bonds is 6. The average molecular weight is 422 g/mol. The molecule has 0 unspecified atom stereocenters.